The molecule has 148 valence electrons. The number of para-hydroxylation sites is 1. The van der Waals surface area contributed by atoms with Crippen LogP contribution in [0.3, 0.4) is 0 Å². The number of hydrogen-bond acceptors (Lipinski definition) is 8. The number of ether oxygens (including phenoxy) is 1. The molecule has 0 aliphatic carbocycles. The van der Waals surface area contributed by atoms with Crippen molar-refractivity contribution in [2.45, 2.75) is 31.1 Å². The molecule has 0 bridgehead atoms. The zero-order valence-electron chi connectivity index (χ0n) is 15.7. The Hall–Kier alpha value is -3.20. The Morgan fingerprint density at radius 3 is 2.72 bits per heavy atom. The van der Waals surface area contributed by atoms with Gasteiger partial charge >= 0.3 is 0 Å². The van der Waals surface area contributed by atoms with E-state index in [0.29, 0.717) is 16.7 Å². The van der Waals surface area contributed by atoms with Crippen LogP contribution >= 0.6 is 11.8 Å². The van der Waals surface area contributed by atoms with Gasteiger partial charge in [-0.05, 0) is 24.6 Å². The smallest absolute Gasteiger partial charge is 0.269 e. The molecule has 2 heterocycles. The molecule has 4 rings (SSSR count). The summed E-state index contributed by atoms with van der Waals surface area (Å²) in [5.74, 6) is 1.30. The number of non-ortho nitro benzene ring substituents is 1. The first-order valence-corrected chi connectivity index (χ1v) is 10.3. The number of rotatable bonds is 6. The number of nitro groups is 1. The van der Waals surface area contributed by atoms with Crippen LogP contribution in [0.5, 0.6) is 5.88 Å². The predicted molar refractivity (Wildman–Crippen MR) is 111 cm³/mol. The molecule has 1 aliphatic heterocycles. The van der Waals surface area contributed by atoms with Crippen LogP contribution in [-0.4, -0.2) is 25.9 Å². The van der Waals surface area contributed by atoms with E-state index in [1.165, 1.54) is 12.1 Å². The Morgan fingerprint density at radius 1 is 1.17 bits per heavy atom. The van der Waals surface area contributed by atoms with Gasteiger partial charge in [-0.2, -0.15) is 4.98 Å². The summed E-state index contributed by atoms with van der Waals surface area (Å²) in [6.07, 6.45) is 1.60. The number of nitrogens with zero attached hydrogens (tertiary/aromatic N) is 4. The van der Waals surface area contributed by atoms with Gasteiger partial charge in [-0.3, -0.25) is 10.1 Å². The second-order valence-corrected chi connectivity index (χ2v) is 7.55. The fourth-order valence-electron chi connectivity index (χ4n) is 2.94. The van der Waals surface area contributed by atoms with Crippen LogP contribution in [0, 0.1) is 10.1 Å². The van der Waals surface area contributed by atoms with Gasteiger partial charge < -0.3 is 10.1 Å². The number of thioether (sulfide) groups is 1. The molecule has 8 nitrogen and oxygen atoms in total. The molecule has 0 saturated heterocycles. The fourth-order valence-corrected chi connectivity index (χ4v) is 3.80. The number of nitro benzene ring substituents is 1. The Morgan fingerprint density at radius 2 is 1.97 bits per heavy atom. The average Bonchev–Trinajstić information content (AvgIpc) is 2.90. The van der Waals surface area contributed by atoms with Crippen molar-refractivity contribution in [3.8, 4) is 17.1 Å². The summed E-state index contributed by atoms with van der Waals surface area (Å²) in [5.41, 5.74) is 3.02. The van der Waals surface area contributed by atoms with Gasteiger partial charge in [-0.15, -0.1) is 10.2 Å². The summed E-state index contributed by atoms with van der Waals surface area (Å²) >= 11 is 1.55. The van der Waals surface area contributed by atoms with Crippen LogP contribution in [0.1, 0.15) is 31.6 Å². The van der Waals surface area contributed by atoms with E-state index in [2.05, 4.69) is 27.4 Å². The Kier molecular flexibility index (Phi) is 5.57. The quantitative estimate of drug-likeness (QED) is 0.267. The van der Waals surface area contributed by atoms with Crippen LogP contribution in [0.25, 0.3) is 11.3 Å². The summed E-state index contributed by atoms with van der Waals surface area (Å²) in [6.45, 7) is 2.14. The normalized spacial score (nSPS) is 14.7. The lowest BCUT2D eigenvalue weighted by atomic mass is 10.1. The molecule has 2 aromatic carbocycles. The first kappa shape index (κ1) is 19.1. The van der Waals surface area contributed by atoms with Crippen LogP contribution in [0.15, 0.2) is 53.7 Å². The first-order valence-electron chi connectivity index (χ1n) is 9.30. The zero-order chi connectivity index (χ0) is 20.2. The monoisotopic (exact) mass is 409 g/mol. The molecule has 0 saturated carbocycles. The molecule has 1 atom stereocenters. The molecule has 3 aromatic rings. The largest absolute Gasteiger partial charge is 0.448 e. The van der Waals surface area contributed by atoms with Gasteiger partial charge in [0.15, 0.2) is 11.9 Å². The second-order valence-electron chi connectivity index (χ2n) is 6.49. The number of fused-ring (bicyclic) bond motifs is 3. The lowest BCUT2D eigenvalue weighted by molar-refractivity contribution is -0.384. The first-order chi connectivity index (χ1) is 14.2. The molecule has 0 radical (unpaired) electrons. The molecular weight excluding hydrogens is 390 g/mol. The van der Waals surface area contributed by atoms with E-state index in [1.54, 1.807) is 23.9 Å². The summed E-state index contributed by atoms with van der Waals surface area (Å²) < 4.78 is 6.16. The third kappa shape index (κ3) is 4.14. The third-order valence-corrected chi connectivity index (χ3v) is 5.39. The van der Waals surface area contributed by atoms with Crippen LogP contribution < -0.4 is 10.1 Å². The van der Waals surface area contributed by atoms with Gasteiger partial charge in [0.1, 0.15) is 0 Å². The molecule has 0 fully saturated rings. The summed E-state index contributed by atoms with van der Waals surface area (Å²) in [4.78, 5) is 15.1. The van der Waals surface area contributed by atoms with Crippen LogP contribution in [0.4, 0.5) is 11.4 Å². The minimum absolute atomic E-state index is 0.0294. The maximum absolute atomic E-state index is 10.9. The van der Waals surface area contributed by atoms with E-state index in [1.807, 2.05) is 24.3 Å². The van der Waals surface area contributed by atoms with Crippen molar-refractivity contribution in [2.75, 3.05) is 11.1 Å². The highest BCUT2D eigenvalue weighted by molar-refractivity contribution is 7.99. The third-order valence-electron chi connectivity index (χ3n) is 4.47. The summed E-state index contributed by atoms with van der Waals surface area (Å²) in [7, 11) is 0. The van der Waals surface area contributed by atoms with Crippen molar-refractivity contribution in [3.63, 3.8) is 0 Å². The lowest BCUT2D eigenvalue weighted by Gasteiger charge is -2.19. The van der Waals surface area contributed by atoms with E-state index in [9.17, 15) is 10.1 Å². The number of benzene rings is 2. The Bertz CT molecular complexity index is 1030. The molecule has 1 aliphatic rings. The predicted octanol–water partition coefficient (Wildman–Crippen LogP) is 4.84. The van der Waals surface area contributed by atoms with E-state index in [-0.39, 0.29) is 5.69 Å². The number of aromatic nitrogens is 3. The summed E-state index contributed by atoms with van der Waals surface area (Å²) in [5, 5.41) is 23.5. The van der Waals surface area contributed by atoms with Gasteiger partial charge in [-0.1, -0.05) is 43.3 Å². The molecular formula is C20H19N5O3S. The minimum Gasteiger partial charge on any atom is -0.448 e. The van der Waals surface area contributed by atoms with Crippen LogP contribution in [0.2, 0.25) is 0 Å². The van der Waals surface area contributed by atoms with Crippen LogP contribution in [-0.2, 0) is 0 Å². The van der Waals surface area contributed by atoms with Crippen molar-refractivity contribution in [3.05, 3.63) is 64.2 Å². The maximum Gasteiger partial charge on any atom is 0.269 e. The van der Waals surface area contributed by atoms with Crippen molar-refractivity contribution in [2.24, 2.45) is 0 Å². The molecule has 1 N–H and O–H groups in total. The van der Waals surface area contributed by atoms with Crippen molar-refractivity contribution in [1.82, 2.24) is 15.2 Å². The lowest BCUT2D eigenvalue weighted by Crippen LogP contribution is -2.17. The highest BCUT2D eigenvalue weighted by atomic mass is 32.2. The zero-order valence-corrected chi connectivity index (χ0v) is 16.6. The average molecular weight is 409 g/mol. The van der Waals surface area contributed by atoms with E-state index < -0.39 is 11.2 Å². The van der Waals surface area contributed by atoms with Gasteiger partial charge in [0, 0.05) is 34.7 Å². The van der Waals surface area contributed by atoms with Gasteiger partial charge in [0.05, 0.1) is 4.92 Å². The molecule has 1 unspecified atom stereocenters. The second kappa shape index (κ2) is 8.44. The van der Waals surface area contributed by atoms with Gasteiger partial charge in [-0.25, -0.2) is 0 Å². The highest BCUT2D eigenvalue weighted by Gasteiger charge is 2.26. The molecule has 9 heteroatoms. The standard InChI is InChI=1S/C20H19N5O3S/c1-2-3-12-29-20-22-19-17(23-24-20)15-6-4-5-7-16(15)21-18(28-19)13-8-10-14(11-9-13)25(26)27/h4-11,18,21H,2-3,12H2,1H3. The van der Waals surface area contributed by atoms with E-state index >= 15 is 0 Å². The van der Waals surface area contributed by atoms with Crippen molar-refractivity contribution in [1.29, 1.82) is 0 Å². The summed E-state index contributed by atoms with van der Waals surface area (Å²) in [6, 6.07) is 14.0. The SMILES string of the molecule is CCCCSc1nnc2c(n1)OC(c1ccc([N+](=O)[O-])cc1)Nc1ccccc1-2. The van der Waals surface area contributed by atoms with Crippen molar-refractivity contribution >= 4 is 23.1 Å². The molecule has 0 spiro atoms. The number of hydrogen-bond donors (Lipinski definition) is 1. The Balaban J connectivity index is 1.71. The molecule has 29 heavy (non-hydrogen) atoms. The number of anilines is 1. The van der Waals surface area contributed by atoms with Crippen molar-refractivity contribution < 1.29 is 9.66 Å². The fraction of sp³-hybridized carbons (Fsp3) is 0.250. The van der Waals surface area contributed by atoms with Gasteiger partial charge in [0.2, 0.25) is 11.0 Å². The van der Waals surface area contributed by atoms with E-state index in [0.717, 1.165) is 35.4 Å². The number of unbranched alkanes of at least 4 members (excludes halogenated alkanes) is 1. The molecule has 1 aromatic heterocycles. The Labute approximate surface area is 171 Å². The number of nitrogens with one attached hydrogen (secondary N) is 1. The van der Waals surface area contributed by atoms with E-state index in [4.69, 9.17) is 4.74 Å². The van der Waals surface area contributed by atoms with Gasteiger partial charge in [0.25, 0.3) is 5.69 Å². The molecule has 0 amide bonds. The minimum atomic E-state index is -0.566. The topological polar surface area (TPSA) is 103 Å². The maximum atomic E-state index is 10.9. The highest BCUT2D eigenvalue weighted by Crippen LogP contribution is 2.39.